The zero-order valence-corrected chi connectivity index (χ0v) is 16.1. The second-order valence-corrected chi connectivity index (χ2v) is 9.86. The van der Waals surface area contributed by atoms with Crippen LogP contribution in [0, 0.1) is 5.92 Å². The number of hydrogen-bond donors (Lipinski definition) is 1. The van der Waals surface area contributed by atoms with E-state index >= 15 is 0 Å². The molecule has 2 aliphatic rings. The highest BCUT2D eigenvalue weighted by molar-refractivity contribution is 7.92. The van der Waals surface area contributed by atoms with E-state index in [0.717, 1.165) is 12.8 Å². The third-order valence-corrected chi connectivity index (χ3v) is 7.42. The third kappa shape index (κ3) is 4.36. The Labute approximate surface area is 161 Å². The number of carbonyl (C=O) groups excluding carboxylic acids is 1. The van der Waals surface area contributed by atoms with Gasteiger partial charge in [0.05, 0.1) is 10.1 Å². The van der Waals surface area contributed by atoms with Gasteiger partial charge in [-0.25, -0.2) is 13.4 Å². The van der Waals surface area contributed by atoms with Crippen molar-refractivity contribution in [2.75, 3.05) is 11.9 Å². The lowest BCUT2D eigenvalue weighted by atomic mass is 10.1. The molecule has 0 unspecified atom stereocenters. The number of anilines is 1. The third-order valence-electron chi connectivity index (χ3n) is 4.45. The van der Waals surface area contributed by atoms with E-state index in [2.05, 4.69) is 15.5 Å². The summed E-state index contributed by atoms with van der Waals surface area (Å²) in [5.41, 5.74) is 0.593. The lowest BCUT2D eigenvalue weighted by Gasteiger charge is -2.08. The number of benzene rings is 1. The summed E-state index contributed by atoms with van der Waals surface area (Å²) < 4.78 is 24.7. The summed E-state index contributed by atoms with van der Waals surface area (Å²) in [5, 5.41) is 8.66. The molecule has 1 aromatic carbocycles. The zero-order chi connectivity index (χ0) is 18.9. The molecule has 4 rings (SSSR count). The Balaban J connectivity index is 1.55. The summed E-state index contributed by atoms with van der Waals surface area (Å²) in [7, 11) is -3.27. The largest absolute Gasteiger partial charge is 0.395 e. The number of hydrogen-bond acceptors (Lipinski definition) is 7. The van der Waals surface area contributed by atoms with Gasteiger partial charge in [0.15, 0.2) is 20.7 Å². The van der Waals surface area contributed by atoms with E-state index in [-0.39, 0.29) is 15.9 Å². The van der Waals surface area contributed by atoms with Crippen molar-refractivity contribution in [3.8, 4) is 0 Å². The maximum atomic E-state index is 12.6. The molecule has 0 atom stereocenters. The smallest absolute Gasteiger partial charge is 0.280 e. The Morgan fingerprint density at radius 3 is 2.56 bits per heavy atom. The molecule has 2 fully saturated rings. The summed E-state index contributed by atoms with van der Waals surface area (Å²) in [6, 6.07) is 6.23. The van der Waals surface area contributed by atoms with Crippen LogP contribution in [0.4, 0.5) is 5.13 Å². The SMILES string of the molecule is O=C(Nc1nccs1)C(=NOCC1CC1)c1ccc(S(=O)(=O)C2CC2)cc1. The van der Waals surface area contributed by atoms with Crippen LogP contribution in [-0.4, -0.2) is 36.9 Å². The van der Waals surface area contributed by atoms with Gasteiger partial charge in [0.25, 0.3) is 5.91 Å². The van der Waals surface area contributed by atoms with Gasteiger partial charge in [0.2, 0.25) is 0 Å². The van der Waals surface area contributed by atoms with Crippen LogP contribution < -0.4 is 5.32 Å². The van der Waals surface area contributed by atoms with Crippen LogP contribution >= 0.6 is 11.3 Å². The van der Waals surface area contributed by atoms with Crippen LogP contribution in [0.3, 0.4) is 0 Å². The van der Waals surface area contributed by atoms with E-state index in [1.54, 1.807) is 23.7 Å². The van der Waals surface area contributed by atoms with E-state index in [0.29, 0.717) is 36.1 Å². The van der Waals surface area contributed by atoms with Crippen molar-refractivity contribution < 1.29 is 18.0 Å². The molecule has 7 nitrogen and oxygen atoms in total. The number of amides is 1. The molecular weight excluding hydrogens is 386 g/mol. The molecule has 0 spiro atoms. The number of rotatable bonds is 8. The monoisotopic (exact) mass is 405 g/mol. The molecule has 2 aliphatic carbocycles. The topological polar surface area (TPSA) is 97.7 Å². The molecule has 0 bridgehead atoms. The van der Waals surface area contributed by atoms with E-state index in [1.807, 2.05) is 0 Å². The summed E-state index contributed by atoms with van der Waals surface area (Å²) in [5.74, 6) is 0.0571. The lowest BCUT2D eigenvalue weighted by molar-refractivity contribution is -0.110. The number of carbonyl (C=O) groups is 1. The van der Waals surface area contributed by atoms with Crippen LogP contribution in [0.1, 0.15) is 31.2 Å². The second-order valence-electron chi connectivity index (χ2n) is 6.74. The van der Waals surface area contributed by atoms with Gasteiger partial charge in [-0.1, -0.05) is 17.3 Å². The van der Waals surface area contributed by atoms with Gasteiger partial charge in [0, 0.05) is 17.1 Å². The predicted molar refractivity (Wildman–Crippen MR) is 103 cm³/mol. The maximum absolute atomic E-state index is 12.6. The fourth-order valence-electron chi connectivity index (χ4n) is 2.53. The standard InChI is InChI=1S/C18H19N3O4S2/c22-17(20-18-19-9-10-26-18)16(21-25-11-12-1-2-12)13-3-5-14(6-4-13)27(23,24)15-7-8-15/h3-6,9-10,12,15H,1-2,7-8,11H2,(H,19,20,22). The Morgan fingerprint density at radius 1 is 1.22 bits per heavy atom. The van der Waals surface area contributed by atoms with Gasteiger partial charge in [-0.2, -0.15) is 0 Å². The van der Waals surface area contributed by atoms with E-state index in [1.165, 1.54) is 23.5 Å². The number of sulfone groups is 1. The fourth-order valence-corrected chi connectivity index (χ4v) is 4.71. The van der Waals surface area contributed by atoms with E-state index in [9.17, 15) is 13.2 Å². The molecule has 142 valence electrons. The Morgan fingerprint density at radius 2 is 1.96 bits per heavy atom. The predicted octanol–water partition coefficient (Wildman–Crippen LogP) is 2.85. The molecule has 2 aromatic rings. The van der Waals surface area contributed by atoms with Crippen molar-refractivity contribution in [1.29, 1.82) is 0 Å². The molecule has 2 saturated carbocycles. The van der Waals surface area contributed by atoms with Gasteiger partial charge in [-0.15, -0.1) is 11.3 Å². The Hall–Kier alpha value is -2.26. The zero-order valence-electron chi connectivity index (χ0n) is 14.5. The number of nitrogens with zero attached hydrogens (tertiary/aromatic N) is 2. The van der Waals surface area contributed by atoms with Crippen molar-refractivity contribution in [1.82, 2.24) is 4.98 Å². The minimum absolute atomic E-state index is 0.0984. The van der Waals surface area contributed by atoms with Gasteiger partial charge in [0.1, 0.15) is 6.61 Å². The molecule has 1 N–H and O–H groups in total. The van der Waals surface area contributed by atoms with Crippen molar-refractivity contribution in [2.45, 2.75) is 35.8 Å². The van der Waals surface area contributed by atoms with Crippen molar-refractivity contribution in [3.05, 3.63) is 41.4 Å². The van der Waals surface area contributed by atoms with E-state index < -0.39 is 15.7 Å². The first kappa shape index (κ1) is 18.1. The van der Waals surface area contributed by atoms with Crippen LogP contribution in [-0.2, 0) is 19.5 Å². The molecule has 0 radical (unpaired) electrons. The highest BCUT2D eigenvalue weighted by Gasteiger charge is 2.36. The number of thiazole rings is 1. The second kappa shape index (κ2) is 7.40. The van der Waals surface area contributed by atoms with Gasteiger partial charge in [-0.05, 0) is 43.7 Å². The fraction of sp³-hybridized carbons (Fsp3) is 0.389. The Bertz CT molecular complexity index is 945. The van der Waals surface area contributed by atoms with Gasteiger partial charge in [-0.3, -0.25) is 10.1 Å². The molecule has 27 heavy (non-hydrogen) atoms. The molecule has 0 saturated heterocycles. The van der Waals surface area contributed by atoms with Crippen molar-refractivity contribution >= 4 is 37.9 Å². The molecular formula is C18H19N3O4S2. The van der Waals surface area contributed by atoms with Gasteiger partial charge >= 0.3 is 0 Å². The Kier molecular flexibility index (Phi) is 4.96. The first-order chi connectivity index (χ1) is 13.0. The van der Waals surface area contributed by atoms with E-state index in [4.69, 9.17) is 4.84 Å². The van der Waals surface area contributed by atoms with Crippen LogP contribution in [0.25, 0.3) is 0 Å². The first-order valence-corrected chi connectivity index (χ1v) is 11.2. The maximum Gasteiger partial charge on any atom is 0.280 e. The number of aromatic nitrogens is 1. The molecule has 1 aromatic heterocycles. The highest BCUT2D eigenvalue weighted by atomic mass is 32.2. The summed E-state index contributed by atoms with van der Waals surface area (Å²) in [4.78, 5) is 22.3. The quantitative estimate of drug-likeness (QED) is 0.538. The number of nitrogens with one attached hydrogen (secondary N) is 1. The summed E-state index contributed by atoms with van der Waals surface area (Å²) in [6.45, 7) is 0.474. The summed E-state index contributed by atoms with van der Waals surface area (Å²) >= 11 is 1.30. The molecule has 1 amide bonds. The van der Waals surface area contributed by atoms with Crippen LogP contribution in [0.5, 0.6) is 0 Å². The van der Waals surface area contributed by atoms with Crippen molar-refractivity contribution in [3.63, 3.8) is 0 Å². The molecule has 1 heterocycles. The normalized spacial score (nSPS) is 17.6. The van der Waals surface area contributed by atoms with Crippen molar-refractivity contribution in [2.24, 2.45) is 11.1 Å². The van der Waals surface area contributed by atoms with Crippen LogP contribution in [0.2, 0.25) is 0 Å². The summed E-state index contributed by atoms with van der Waals surface area (Å²) in [6.07, 6.45) is 5.25. The lowest BCUT2D eigenvalue weighted by Crippen LogP contribution is -2.24. The molecule has 9 heteroatoms. The minimum atomic E-state index is -3.27. The van der Waals surface area contributed by atoms with Crippen LogP contribution in [0.15, 0.2) is 45.9 Å². The molecule has 0 aliphatic heterocycles. The minimum Gasteiger partial charge on any atom is -0.395 e. The average molecular weight is 406 g/mol. The highest BCUT2D eigenvalue weighted by Crippen LogP contribution is 2.33. The van der Waals surface area contributed by atoms with Gasteiger partial charge < -0.3 is 4.84 Å². The average Bonchev–Trinajstić information content (AvgIpc) is 3.58. The first-order valence-electron chi connectivity index (χ1n) is 8.79. The number of oxime groups is 1.